The summed E-state index contributed by atoms with van der Waals surface area (Å²) in [7, 11) is 0. The fourth-order valence-corrected chi connectivity index (χ4v) is 6.05. The predicted octanol–water partition coefficient (Wildman–Crippen LogP) is 5.93. The van der Waals surface area contributed by atoms with Crippen LogP contribution in [0.4, 0.5) is 5.69 Å². The van der Waals surface area contributed by atoms with Gasteiger partial charge in [0.25, 0.3) is 5.91 Å². The van der Waals surface area contributed by atoms with Gasteiger partial charge in [0.15, 0.2) is 4.32 Å². The van der Waals surface area contributed by atoms with E-state index in [0.717, 1.165) is 29.7 Å². The largest absolute Gasteiger partial charge is 0.479 e. The molecule has 0 atom stereocenters. The van der Waals surface area contributed by atoms with Gasteiger partial charge in [0, 0.05) is 0 Å². The minimum atomic E-state index is -0.101. The van der Waals surface area contributed by atoms with Crippen LogP contribution in [0.2, 0.25) is 0 Å². The number of rotatable bonds is 4. The van der Waals surface area contributed by atoms with Gasteiger partial charge in [0.2, 0.25) is 0 Å². The third-order valence-electron chi connectivity index (χ3n) is 4.16. The van der Waals surface area contributed by atoms with Crippen molar-refractivity contribution in [3.63, 3.8) is 0 Å². The number of halogens is 2. The highest BCUT2D eigenvalue weighted by Gasteiger charge is 2.33. The van der Waals surface area contributed by atoms with Gasteiger partial charge >= 0.3 is 0 Å². The molecule has 0 bridgehead atoms. The van der Waals surface area contributed by atoms with Crippen LogP contribution in [0.1, 0.15) is 16.7 Å². The number of amides is 1. The van der Waals surface area contributed by atoms with Gasteiger partial charge in [0.05, 0.1) is 17.7 Å². The van der Waals surface area contributed by atoms with Crippen molar-refractivity contribution in [3.8, 4) is 18.1 Å². The highest BCUT2D eigenvalue weighted by atomic mass is 127. The Morgan fingerprint density at radius 2 is 1.89 bits per heavy atom. The van der Waals surface area contributed by atoms with Crippen LogP contribution >= 0.6 is 69.2 Å². The van der Waals surface area contributed by atoms with Crippen molar-refractivity contribution >= 4 is 91.2 Å². The number of thioether (sulfide) groups is 1. The third-order valence-corrected chi connectivity index (χ3v) is 7.07. The summed E-state index contributed by atoms with van der Waals surface area (Å²) >= 11 is 11.2. The van der Waals surface area contributed by atoms with Crippen LogP contribution in [0.3, 0.4) is 0 Å². The van der Waals surface area contributed by atoms with Gasteiger partial charge in [-0.3, -0.25) is 9.69 Å². The van der Waals surface area contributed by atoms with E-state index in [1.807, 2.05) is 50.3 Å². The monoisotopic (exact) mass is 631 g/mol. The van der Waals surface area contributed by atoms with Crippen LogP contribution in [-0.4, -0.2) is 16.8 Å². The Kier molecular flexibility index (Phi) is 7.07. The molecule has 2 aromatic carbocycles. The average Bonchev–Trinajstić information content (AvgIpc) is 2.90. The van der Waals surface area contributed by atoms with Crippen molar-refractivity contribution in [1.29, 1.82) is 0 Å². The second-order valence-electron chi connectivity index (χ2n) is 6.09. The molecule has 0 N–H and O–H groups in total. The van der Waals surface area contributed by atoms with E-state index >= 15 is 0 Å². The lowest BCUT2D eigenvalue weighted by Gasteiger charge is -2.16. The number of terminal acetylenes is 1. The lowest BCUT2D eigenvalue weighted by Crippen LogP contribution is -2.27. The summed E-state index contributed by atoms with van der Waals surface area (Å²) < 4.78 is 8.02. The maximum atomic E-state index is 13.0. The van der Waals surface area contributed by atoms with Crippen LogP contribution < -0.4 is 9.64 Å². The maximum absolute atomic E-state index is 13.0. The molecule has 1 aliphatic heterocycles. The predicted molar refractivity (Wildman–Crippen MR) is 138 cm³/mol. The van der Waals surface area contributed by atoms with Gasteiger partial charge in [-0.05, 0) is 106 Å². The fourth-order valence-electron chi connectivity index (χ4n) is 2.62. The Bertz CT molecular complexity index is 1030. The number of hydrogen-bond donors (Lipinski definition) is 0. The zero-order valence-corrected chi connectivity index (χ0v) is 21.0. The Morgan fingerprint density at radius 3 is 2.50 bits per heavy atom. The maximum Gasteiger partial charge on any atom is 0.270 e. The number of aryl methyl sites for hydroxylation is 2. The number of carbonyl (C=O) groups excluding carboxylic acids is 1. The number of carbonyl (C=O) groups is 1. The molecule has 0 aliphatic carbocycles. The van der Waals surface area contributed by atoms with Crippen LogP contribution in [0, 0.1) is 33.3 Å². The van der Waals surface area contributed by atoms with E-state index < -0.39 is 0 Å². The first-order valence-electron chi connectivity index (χ1n) is 8.22. The van der Waals surface area contributed by atoms with E-state index in [1.54, 1.807) is 4.90 Å². The number of hydrogen-bond acceptors (Lipinski definition) is 4. The zero-order valence-electron chi connectivity index (χ0n) is 15.1. The molecule has 2 aromatic rings. The highest BCUT2D eigenvalue weighted by Crippen LogP contribution is 2.37. The van der Waals surface area contributed by atoms with Crippen LogP contribution in [0.5, 0.6) is 5.75 Å². The Hall–Kier alpha value is -1.09. The highest BCUT2D eigenvalue weighted by molar-refractivity contribution is 14.1. The number of anilines is 1. The van der Waals surface area contributed by atoms with Crippen molar-refractivity contribution in [1.82, 2.24) is 0 Å². The van der Waals surface area contributed by atoms with Gasteiger partial charge in [-0.15, -0.1) is 6.42 Å². The van der Waals surface area contributed by atoms with E-state index in [2.05, 4.69) is 51.1 Å². The van der Waals surface area contributed by atoms with Gasteiger partial charge < -0.3 is 4.74 Å². The molecule has 1 aliphatic rings. The Labute approximate surface area is 201 Å². The molecule has 1 fully saturated rings. The van der Waals surface area contributed by atoms with E-state index in [4.69, 9.17) is 23.4 Å². The molecular weight excluding hydrogens is 616 g/mol. The molecule has 1 heterocycles. The Balaban J connectivity index is 1.91. The van der Waals surface area contributed by atoms with E-state index in [-0.39, 0.29) is 12.5 Å². The average molecular weight is 631 g/mol. The SMILES string of the molecule is C#CCOc1c(I)cc(/C=C2\SC(=S)N(c3ccc(C)c(C)c3)C2=O)cc1I. The molecule has 3 nitrogen and oxygen atoms in total. The topological polar surface area (TPSA) is 29.5 Å². The van der Waals surface area contributed by atoms with E-state index in [0.29, 0.717) is 9.23 Å². The van der Waals surface area contributed by atoms with Crippen molar-refractivity contribution in [2.24, 2.45) is 0 Å². The van der Waals surface area contributed by atoms with Gasteiger partial charge in [-0.1, -0.05) is 36.0 Å². The quantitative estimate of drug-likeness (QED) is 0.181. The number of benzene rings is 2. The Morgan fingerprint density at radius 1 is 1.21 bits per heavy atom. The first-order valence-corrected chi connectivity index (χ1v) is 11.6. The molecule has 0 saturated carbocycles. The lowest BCUT2D eigenvalue weighted by atomic mass is 10.1. The molecule has 142 valence electrons. The molecule has 1 amide bonds. The minimum Gasteiger partial charge on any atom is -0.479 e. The van der Waals surface area contributed by atoms with Crippen molar-refractivity contribution in [2.75, 3.05) is 11.5 Å². The third kappa shape index (κ3) is 4.56. The van der Waals surface area contributed by atoms with Gasteiger partial charge in [0.1, 0.15) is 12.4 Å². The minimum absolute atomic E-state index is 0.101. The molecule has 0 spiro atoms. The van der Waals surface area contributed by atoms with Crippen LogP contribution in [0.25, 0.3) is 6.08 Å². The lowest BCUT2D eigenvalue weighted by molar-refractivity contribution is -0.113. The molecule has 0 aromatic heterocycles. The first-order chi connectivity index (χ1) is 13.3. The number of ether oxygens (including phenoxy) is 1. The molecular formula is C21H15I2NO2S2. The second-order valence-corrected chi connectivity index (χ2v) is 10.1. The van der Waals surface area contributed by atoms with Crippen molar-refractivity contribution < 1.29 is 9.53 Å². The number of nitrogens with zero attached hydrogens (tertiary/aromatic N) is 1. The molecule has 1 saturated heterocycles. The molecule has 7 heteroatoms. The smallest absolute Gasteiger partial charge is 0.270 e. The summed E-state index contributed by atoms with van der Waals surface area (Å²) in [5.74, 6) is 3.14. The summed E-state index contributed by atoms with van der Waals surface area (Å²) in [4.78, 5) is 15.2. The van der Waals surface area contributed by atoms with E-state index in [1.165, 1.54) is 17.3 Å². The summed E-state index contributed by atoms with van der Waals surface area (Å²) in [6, 6.07) is 9.87. The van der Waals surface area contributed by atoms with E-state index in [9.17, 15) is 4.79 Å². The summed E-state index contributed by atoms with van der Waals surface area (Å²) in [5, 5.41) is 0. The zero-order chi connectivity index (χ0) is 20.4. The second kappa shape index (κ2) is 9.15. The van der Waals surface area contributed by atoms with Crippen LogP contribution in [0.15, 0.2) is 35.2 Å². The number of thiocarbonyl (C=S) groups is 1. The summed E-state index contributed by atoms with van der Waals surface area (Å²) in [6.45, 7) is 4.30. The van der Waals surface area contributed by atoms with Crippen molar-refractivity contribution in [3.05, 3.63) is 59.1 Å². The standard InChI is InChI=1S/C21H15I2NO2S2/c1-4-7-26-19-16(22)9-14(10-17(19)23)11-18-20(25)24(21(27)28-18)15-6-5-12(2)13(3)8-15/h1,5-6,8-11H,7H2,2-3H3/b18-11-. The van der Waals surface area contributed by atoms with Gasteiger partial charge in [-0.25, -0.2) is 0 Å². The van der Waals surface area contributed by atoms with Crippen LogP contribution in [-0.2, 0) is 4.79 Å². The molecule has 0 unspecified atom stereocenters. The first kappa shape index (κ1) is 21.6. The van der Waals surface area contributed by atoms with Gasteiger partial charge in [-0.2, -0.15) is 0 Å². The molecule has 3 rings (SSSR count). The van der Waals surface area contributed by atoms with Crippen molar-refractivity contribution in [2.45, 2.75) is 13.8 Å². The summed E-state index contributed by atoms with van der Waals surface area (Å²) in [5.41, 5.74) is 4.03. The normalized spacial score (nSPS) is 15.2. The molecule has 0 radical (unpaired) electrons. The fraction of sp³-hybridized carbons (Fsp3) is 0.143. The summed E-state index contributed by atoms with van der Waals surface area (Å²) in [6.07, 6.45) is 7.15. The molecule has 28 heavy (non-hydrogen) atoms.